The van der Waals surface area contributed by atoms with Crippen molar-refractivity contribution in [1.29, 1.82) is 0 Å². The quantitative estimate of drug-likeness (QED) is 0.222. The van der Waals surface area contributed by atoms with Crippen LogP contribution in [0.15, 0.2) is 0 Å². The molecule has 0 aromatic carbocycles. The lowest BCUT2D eigenvalue weighted by atomic mass is 9.94. The van der Waals surface area contributed by atoms with Crippen LogP contribution in [0, 0.1) is 5.92 Å². The Bertz CT molecular complexity index is 305. The van der Waals surface area contributed by atoms with Gasteiger partial charge in [0.15, 0.2) is 5.78 Å². The Labute approximate surface area is 108 Å². The molecule has 0 spiro atoms. The molecule has 0 aliphatic carbocycles. The Kier molecular flexibility index (Phi) is 7.68. The Hall–Kier alpha value is -1.10. The van der Waals surface area contributed by atoms with Gasteiger partial charge in [0.05, 0.1) is 19.1 Å². The van der Waals surface area contributed by atoms with Crippen LogP contribution in [0.4, 0.5) is 0 Å². The number of hydrogen-bond donors (Lipinski definition) is 7. The van der Waals surface area contributed by atoms with Crippen LogP contribution in [0.2, 0.25) is 0 Å². The zero-order chi connectivity index (χ0) is 15.2. The fourth-order valence-electron chi connectivity index (χ4n) is 1.31. The summed E-state index contributed by atoms with van der Waals surface area (Å²) in [7, 11) is 0. The minimum absolute atomic E-state index is 0.744. The molecule has 7 N–H and O–H groups in total. The molecule has 112 valence electrons. The summed E-state index contributed by atoms with van der Waals surface area (Å²) in [5, 5.41) is 62.9. The van der Waals surface area contributed by atoms with Gasteiger partial charge in [-0.25, -0.2) is 0 Å². The molecule has 1 unspecified atom stereocenters. The van der Waals surface area contributed by atoms with E-state index in [9.17, 15) is 24.9 Å². The van der Waals surface area contributed by atoms with Crippen LogP contribution in [-0.2, 0) is 9.59 Å². The van der Waals surface area contributed by atoms with E-state index in [1.165, 1.54) is 0 Å². The average Bonchev–Trinajstić information content (AvgIpc) is 2.40. The number of carboxylic acid groups (broad SMARTS) is 1. The van der Waals surface area contributed by atoms with E-state index in [-0.39, 0.29) is 0 Å². The van der Waals surface area contributed by atoms with Gasteiger partial charge in [0, 0.05) is 6.42 Å². The number of carbonyl (C=O) groups is 2. The van der Waals surface area contributed by atoms with Crippen molar-refractivity contribution in [3.63, 3.8) is 0 Å². The van der Waals surface area contributed by atoms with Gasteiger partial charge in [-0.2, -0.15) is 0 Å². The molecule has 9 heteroatoms. The third kappa shape index (κ3) is 5.19. The average molecular weight is 282 g/mol. The highest BCUT2D eigenvalue weighted by atomic mass is 16.4. The number of Topliss-reactive ketones (excluding diaryl/α,β-unsaturated/α-hetero) is 1. The molecule has 0 saturated heterocycles. The first-order chi connectivity index (χ1) is 8.76. The van der Waals surface area contributed by atoms with Crippen LogP contribution >= 0.6 is 0 Å². The second kappa shape index (κ2) is 8.15. The monoisotopic (exact) mass is 282 g/mol. The van der Waals surface area contributed by atoms with Crippen molar-refractivity contribution in [1.82, 2.24) is 0 Å². The summed E-state index contributed by atoms with van der Waals surface area (Å²) < 4.78 is 0. The van der Waals surface area contributed by atoms with Gasteiger partial charge in [-0.1, -0.05) is 0 Å². The number of aliphatic hydroxyl groups excluding tert-OH is 6. The van der Waals surface area contributed by atoms with E-state index in [0.29, 0.717) is 0 Å². The molecular formula is C10H18O9. The Morgan fingerprint density at radius 2 is 1.42 bits per heavy atom. The van der Waals surface area contributed by atoms with E-state index in [1.54, 1.807) is 0 Å². The number of aliphatic carboxylic acids is 1. The maximum Gasteiger partial charge on any atom is 0.309 e. The molecule has 0 radical (unpaired) electrons. The molecule has 0 aromatic heterocycles. The number of hydrogen-bond acceptors (Lipinski definition) is 8. The van der Waals surface area contributed by atoms with Crippen molar-refractivity contribution in [3.8, 4) is 0 Å². The van der Waals surface area contributed by atoms with Crippen molar-refractivity contribution in [2.45, 2.75) is 30.8 Å². The first-order valence-electron chi connectivity index (χ1n) is 5.45. The van der Waals surface area contributed by atoms with Crippen LogP contribution in [0.25, 0.3) is 0 Å². The molecule has 0 aromatic rings. The van der Waals surface area contributed by atoms with E-state index >= 15 is 0 Å². The normalized spacial score (nSPS) is 19.3. The van der Waals surface area contributed by atoms with Gasteiger partial charge in [0.2, 0.25) is 0 Å². The van der Waals surface area contributed by atoms with Crippen molar-refractivity contribution < 1.29 is 45.3 Å². The highest BCUT2D eigenvalue weighted by Crippen LogP contribution is 2.11. The Morgan fingerprint density at radius 3 is 1.79 bits per heavy atom. The largest absolute Gasteiger partial charge is 0.481 e. The van der Waals surface area contributed by atoms with Crippen LogP contribution in [0.5, 0.6) is 0 Å². The molecule has 0 amide bonds. The first-order valence-corrected chi connectivity index (χ1v) is 5.45. The molecule has 0 bridgehead atoms. The summed E-state index contributed by atoms with van der Waals surface area (Å²) in [6.45, 7) is -1.72. The third-order valence-electron chi connectivity index (χ3n) is 2.60. The maximum absolute atomic E-state index is 11.4. The molecule has 19 heavy (non-hydrogen) atoms. The lowest BCUT2D eigenvalue weighted by molar-refractivity contribution is -0.153. The van der Waals surface area contributed by atoms with Crippen LogP contribution < -0.4 is 0 Å². The number of ketones is 1. The fraction of sp³-hybridized carbons (Fsp3) is 0.800. The SMILES string of the molecule is O=C(O)C(CO)CC(=O)[C@@H](O)[C@H](O)[C@@H](O)[C@@H](O)CO. The molecule has 0 saturated carbocycles. The summed E-state index contributed by atoms with van der Waals surface area (Å²) in [4.78, 5) is 22.0. The number of rotatable bonds is 9. The maximum atomic E-state index is 11.4. The summed E-state index contributed by atoms with van der Waals surface area (Å²) >= 11 is 0. The van der Waals surface area contributed by atoms with Crippen molar-refractivity contribution in [2.75, 3.05) is 13.2 Å². The summed E-state index contributed by atoms with van der Waals surface area (Å²) in [5.74, 6) is -4.00. The minimum atomic E-state index is -2.13. The fourth-order valence-corrected chi connectivity index (χ4v) is 1.31. The number of carboxylic acids is 1. The van der Waals surface area contributed by atoms with Gasteiger partial charge in [-0.3, -0.25) is 9.59 Å². The molecule has 9 nitrogen and oxygen atoms in total. The van der Waals surface area contributed by atoms with Crippen LogP contribution in [0.1, 0.15) is 6.42 Å². The van der Waals surface area contributed by atoms with Gasteiger partial charge >= 0.3 is 5.97 Å². The Balaban J connectivity index is 4.59. The van der Waals surface area contributed by atoms with E-state index in [0.717, 1.165) is 0 Å². The second-order valence-corrected chi connectivity index (χ2v) is 4.06. The number of aliphatic hydroxyl groups is 6. The lowest BCUT2D eigenvalue weighted by Gasteiger charge is -2.25. The lowest BCUT2D eigenvalue weighted by Crippen LogP contribution is -2.49. The molecule has 0 rings (SSSR count). The Morgan fingerprint density at radius 1 is 0.895 bits per heavy atom. The predicted molar refractivity (Wildman–Crippen MR) is 58.9 cm³/mol. The van der Waals surface area contributed by atoms with Gasteiger partial charge < -0.3 is 35.7 Å². The summed E-state index contributed by atoms with van der Waals surface area (Å²) in [6.07, 6.45) is -8.69. The molecular weight excluding hydrogens is 264 g/mol. The minimum Gasteiger partial charge on any atom is -0.481 e. The first kappa shape index (κ1) is 17.9. The predicted octanol–water partition coefficient (Wildman–Crippen LogP) is -3.93. The second-order valence-electron chi connectivity index (χ2n) is 4.06. The summed E-state index contributed by atoms with van der Waals surface area (Å²) in [5.41, 5.74) is 0. The van der Waals surface area contributed by atoms with Crippen LogP contribution in [-0.4, -0.2) is 85.1 Å². The molecule has 5 atom stereocenters. The van der Waals surface area contributed by atoms with E-state index < -0.39 is 61.7 Å². The highest BCUT2D eigenvalue weighted by Gasteiger charge is 2.35. The number of carbonyl (C=O) groups excluding carboxylic acids is 1. The van der Waals surface area contributed by atoms with Crippen molar-refractivity contribution in [3.05, 3.63) is 0 Å². The van der Waals surface area contributed by atoms with Gasteiger partial charge in [0.25, 0.3) is 0 Å². The van der Waals surface area contributed by atoms with Crippen molar-refractivity contribution in [2.24, 2.45) is 5.92 Å². The van der Waals surface area contributed by atoms with Crippen LogP contribution in [0.3, 0.4) is 0 Å². The molecule has 0 aliphatic rings. The zero-order valence-electron chi connectivity index (χ0n) is 9.96. The van der Waals surface area contributed by atoms with Gasteiger partial charge in [-0.05, 0) is 0 Å². The van der Waals surface area contributed by atoms with Gasteiger partial charge in [0.1, 0.15) is 24.4 Å². The molecule has 0 heterocycles. The van der Waals surface area contributed by atoms with Crippen molar-refractivity contribution >= 4 is 11.8 Å². The highest BCUT2D eigenvalue weighted by molar-refractivity contribution is 5.87. The smallest absolute Gasteiger partial charge is 0.309 e. The van der Waals surface area contributed by atoms with E-state index in [4.69, 9.17) is 20.4 Å². The zero-order valence-corrected chi connectivity index (χ0v) is 9.96. The van der Waals surface area contributed by atoms with Gasteiger partial charge in [-0.15, -0.1) is 0 Å². The van der Waals surface area contributed by atoms with E-state index in [1.807, 2.05) is 0 Å². The van der Waals surface area contributed by atoms with E-state index in [2.05, 4.69) is 0 Å². The molecule has 0 aliphatic heterocycles. The topological polar surface area (TPSA) is 176 Å². The third-order valence-corrected chi connectivity index (χ3v) is 2.60. The standard InChI is InChI=1S/C10H18O9/c11-2-4(10(18)19)1-5(13)7(15)9(17)8(16)6(14)3-12/h4,6-9,11-12,14-17H,1-3H2,(H,18,19)/t4?,6-,7+,8-,9-/m0/s1. The summed E-state index contributed by atoms with van der Waals surface area (Å²) in [6, 6.07) is 0. The molecule has 0 fully saturated rings.